The van der Waals surface area contributed by atoms with Gasteiger partial charge in [-0.25, -0.2) is 0 Å². The minimum Gasteiger partial charge on any atom is -0.381 e. The van der Waals surface area contributed by atoms with E-state index in [1.807, 2.05) is 12.1 Å². The molecule has 2 rings (SSSR count). The lowest BCUT2D eigenvalue weighted by Gasteiger charge is -2.27. The first-order chi connectivity index (χ1) is 6.82. The number of fused-ring (bicyclic) bond motifs is 1. The summed E-state index contributed by atoms with van der Waals surface area (Å²) in [4.78, 5) is 0. The van der Waals surface area contributed by atoms with Crippen molar-refractivity contribution in [1.29, 1.82) is 0 Å². The van der Waals surface area contributed by atoms with E-state index in [0.717, 1.165) is 13.0 Å². The molecule has 0 bridgehead atoms. The zero-order valence-corrected chi connectivity index (χ0v) is 8.42. The Balaban J connectivity index is 2.39. The van der Waals surface area contributed by atoms with Gasteiger partial charge in [0.25, 0.3) is 0 Å². The summed E-state index contributed by atoms with van der Waals surface area (Å²) >= 11 is 0. The van der Waals surface area contributed by atoms with Crippen LogP contribution in [0.4, 0.5) is 5.69 Å². The van der Waals surface area contributed by atoms with Crippen LogP contribution in [0, 0.1) is 0 Å². The third-order valence-electron chi connectivity index (χ3n) is 2.92. The first-order valence-electron chi connectivity index (χ1n) is 4.91. The fraction of sp³-hybridized carbons (Fsp3) is 0.455. The summed E-state index contributed by atoms with van der Waals surface area (Å²) in [6.07, 6.45) is 0.855. The maximum absolute atomic E-state index is 5.62. The fourth-order valence-electron chi connectivity index (χ4n) is 2.11. The van der Waals surface area contributed by atoms with Gasteiger partial charge in [0.15, 0.2) is 0 Å². The van der Waals surface area contributed by atoms with Gasteiger partial charge in [0, 0.05) is 24.9 Å². The van der Waals surface area contributed by atoms with Crippen molar-refractivity contribution in [1.82, 2.24) is 0 Å². The van der Waals surface area contributed by atoms with Crippen LogP contribution in [0.3, 0.4) is 0 Å². The average Bonchev–Trinajstić information content (AvgIpc) is 2.59. The second-order valence-electron chi connectivity index (χ2n) is 3.64. The lowest BCUT2D eigenvalue weighted by molar-refractivity contribution is -0.00245. The lowest BCUT2D eigenvalue weighted by Crippen LogP contribution is -2.33. The second-order valence-corrected chi connectivity index (χ2v) is 3.64. The van der Waals surface area contributed by atoms with Crippen LogP contribution in [-0.4, -0.2) is 20.2 Å². The zero-order valence-electron chi connectivity index (χ0n) is 8.42. The van der Waals surface area contributed by atoms with Gasteiger partial charge in [0.2, 0.25) is 0 Å². The summed E-state index contributed by atoms with van der Waals surface area (Å²) in [5.74, 6) is 0. The lowest BCUT2D eigenvalue weighted by atomic mass is 9.92. The SMILES string of the molecule is COC1(CCN)CNc2ccccc21. The van der Waals surface area contributed by atoms with Crippen molar-refractivity contribution in [2.24, 2.45) is 5.73 Å². The Bertz CT molecular complexity index is 323. The Morgan fingerprint density at radius 3 is 3.00 bits per heavy atom. The summed E-state index contributed by atoms with van der Waals surface area (Å²) in [5.41, 5.74) is 7.80. The molecule has 3 N–H and O–H groups in total. The van der Waals surface area contributed by atoms with Gasteiger partial charge in [-0.05, 0) is 19.0 Å². The normalized spacial score (nSPS) is 24.4. The summed E-state index contributed by atoms with van der Waals surface area (Å²) in [6.45, 7) is 1.46. The summed E-state index contributed by atoms with van der Waals surface area (Å²) in [5, 5.41) is 3.35. The average molecular weight is 192 g/mol. The highest BCUT2D eigenvalue weighted by molar-refractivity contribution is 5.59. The molecule has 0 saturated heterocycles. The van der Waals surface area contributed by atoms with Gasteiger partial charge < -0.3 is 15.8 Å². The molecule has 0 spiro atoms. The molecule has 1 heterocycles. The summed E-state index contributed by atoms with van der Waals surface area (Å²) < 4.78 is 5.62. The first kappa shape index (κ1) is 9.49. The summed E-state index contributed by atoms with van der Waals surface area (Å²) in [7, 11) is 1.75. The van der Waals surface area contributed by atoms with Gasteiger partial charge >= 0.3 is 0 Å². The van der Waals surface area contributed by atoms with Gasteiger partial charge in [-0.1, -0.05) is 18.2 Å². The van der Waals surface area contributed by atoms with Crippen molar-refractivity contribution in [3.8, 4) is 0 Å². The van der Waals surface area contributed by atoms with Crippen LogP contribution in [0.5, 0.6) is 0 Å². The van der Waals surface area contributed by atoms with Crippen molar-refractivity contribution >= 4 is 5.69 Å². The monoisotopic (exact) mass is 192 g/mol. The number of para-hydroxylation sites is 1. The summed E-state index contributed by atoms with van der Waals surface area (Å²) in [6, 6.07) is 8.25. The zero-order chi connectivity index (χ0) is 10.0. The van der Waals surface area contributed by atoms with Crippen molar-refractivity contribution in [2.45, 2.75) is 12.0 Å². The van der Waals surface area contributed by atoms with Crippen LogP contribution in [0.25, 0.3) is 0 Å². The Morgan fingerprint density at radius 1 is 1.50 bits per heavy atom. The third-order valence-corrected chi connectivity index (χ3v) is 2.92. The quantitative estimate of drug-likeness (QED) is 0.759. The van der Waals surface area contributed by atoms with Gasteiger partial charge in [0.05, 0.1) is 0 Å². The van der Waals surface area contributed by atoms with Crippen molar-refractivity contribution in [3.63, 3.8) is 0 Å². The van der Waals surface area contributed by atoms with E-state index in [-0.39, 0.29) is 5.60 Å². The number of anilines is 1. The van der Waals surface area contributed by atoms with E-state index in [1.165, 1.54) is 11.3 Å². The fourth-order valence-corrected chi connectivity index (χ4v) is 2.11. The van der Waals surface area contributed by atoms with Crippen molar-refractivity contribution in [2.75, 3.05) is 25.5 Å². The van der Waals surface area contributed by atoms with Crippen molar-refractivity contribution < 1.29 is 4.74 Å². The molecule has 1 aromatic carbocycles. The molecule has 76 valence electrons. The molecule has 0 aliphatic carbocycles. The van der Waals surface area contributed by atoms with E-state index in [4.69, 9.17) is 10.5 Å². The first-order valence-corrected chi connectivity index (χ1v) is 4.91. The molecular formula is C11H16N2O. The number of nitrogens with two attached hydrogens (primary N) is 1. The molecule has 1 aliphatic rings. The molecule has 0 fully saturated rings. The smallest absolute Gasteiger partial charge is 0.113 e. The number of rotatable bonds is 3. The molecule has 3 heteroatoms. The van der Waals surface area contributed by atoms with Crippen LogP contribution in [0.1, 0.15) is 12.0 Å². The number of hydrogen-bond acceptors (Lipinski definition) is 3. The van der Waals surface area contributed by atoms with Gasteiger partial charge in [-0.3, -0.25) is 0 Å². The number of methoxy groups -OCH3 is 1. The number of ether oxygens (including phenoxy) is 1. The molecule has 1 aliphatic heterocycles. The van der Waals surface area contributed by atoms with E-state index in [9.17, 15) is 0 Å². The van der Waals surface area contributed by atoms with E-state index in [1.54, 1.807) is 7.11 Å². The van der Waals surface area contributed by atoms with Crippen molar-refractivity contribution in [3.05, 3.63) is 29.8 Å². The van der Waals surface area contributed by atoms with E-state index in [0.29, 0.717) is 6.54 Å². The van der Waals surface area contributed by atoms with Gasteiger partial charge in [0.1, 0.15) is 5.60 Å². The molecule has 3 nitrogen and oxygen atoms in total. The van der Waals surface area contributed by atoms with E-state index in [2.05, 4.69) is 17.4 Å². The molecule has 1 aromatic rings. The minimum absolute atomic E-state index is 0.217. The Morgan fingerprint density at radius 2 is 2.29 bits per heavy atom. The topological polar surface area (TPSA) is 47.3 Å². The van der Waals surface area contributed by atoms with Gasteiger partial charge in [-0.15, -0.1) is 0 Å². The molecule has 0 amide bonds. The Labute approximate surface area is 84.3 Å². The predicted molar refractivity (Wildman–Crippen MR) is 57.3 cm³/mol. The largest absolute Gasteiger partial charge is 0.381 e. The molecular weight excluding hydrogens is 176 g/mol. The molecule has 0 saturated carbocycles. The maximum atomic E-state index is 5.62. The highest BCUT2D eigenvalue weighted by Crippen LogP contribution is 2.39. The molecule has 14 heavy (non-hydrogen) atoms. The maximum Gasteiger partial charge on any atom is 0.113 e. The number of hydrogen-bond donors (Lipinski definition) is 2. The van der Waals surface area contributed by atoms with Crippen LogP contribution >= 0.6 is 0 Å². The Kier molecular flexibility index (Phi) is 2.44. The molecule has 1 atom stereocenters. The molecule has 1 unspecified atom stereocenters. The molecule has 0 radical (unpaired) electrons. The van der Waals surface area contributed by atoms with E-state index >= 15 is 0 Å². The van der Waals surface area contributed by atoms with Crippen LogP contribution in [0.2, 0.25) is 0 Å². The van der Waals surface area contributed by atoms with Crippen LogP contribution < -0.4 is 11.1 Å². The number of benzene rings is 1. The third kappa shape index (κ3) is 1.29. The van der Waals surface area contributed by atoms with E-state index < -0.39 is 0 Å². The second kappa shape index (κ2) is 3.59. The Hall–Kier alpha value is -1.06. The predicted octanol–water partition coefficient (Wildman–Crippen LogP) is 1.30. The van der Waals surface area contributed by atoms with Crippen LogP contribution in [0.15, 0.2) is 24.3 Å². The standard InChI is InChI=1S/C11H16N2O/c1-14-11(6-7-12)8-13-10-5-3-2-4-9(10)11/h2-5,13H,6-8,12H2,1H3. The van der Waals surface area contributed by atoms with Crippen LogP contribution in [-0.2, 0) is 10.3 Å². The number of nitrogens with one attached hydrogen (secondary N) is 1. The highest BCUT2D eigenvalue weighted by Gasteiger charge is 2.37. The highest BCUT2D eigenvalue weighted by atomic mass is 16.5. The molecule has 0 aromatic heterocycles. The minimum atomic E-state index is -0.217. The van der Waals surface area contributed by atoms with Gasteiger partial charge in [-0.2, -0.15) is 0 Å².